The first-order valence-corrected chi connectivity index (χ1v) is 6.19. The van der Waals surface area contributed by atoms with Crippen molar-refractivity contribution < 1.29 is 35.1 Å². The van der Waals surface area contributed by atoms with E-state index in [1.54, 1.807) is 0 Å². The maximum Gasteiger partial charge on any atom is 0.419 e. The van der Waals surface area contributed by atoms with Gasteiger partial charge in [0.05, 0.1) is 11.1 Å². The van der Waals surface area contributed by atoms with Crippen LogP contribution in [0.4, 0.5) is 35.1 Å². The first-order chi connectivity index (χ1) is 10.5. The lowest BCUT2D eigenvalue weighted by Crippen LogP contribution is -2.09. The standard InChI is InChI=1S/C15H8F8/c16-11-5-9(4-10(7-11)14(18,19)20)3-8-1-2-13(17)12(6-8)15(21,22)23/h1-2,4-7H,3H2. The highest BCUT2D eigenvalue weighted by atomic mass is 19.4. The van der Waals surface area contributed by atoms with Crippen LogP contribution >= 0.6 is 0 Å². The second-order valence-electron chi connectivity index (χ2n) is 4.83. The predicted molar refractivity (Wildman–Crippen MR) is 65.6 cm³/mol. The molecule has 0 aromatic heterocycles. The van der Waals surface area contributed by atoms with Crippen LogP contribution in [0.25, 0.3) is 0 Å². The first-order valence-electron chi connectivity index (χ1n) is 6.19. The van der Waals surface area contributed by atoms with Gasteiger partial charge in [-0.3, -0.25) is 0 Å². The third kappa shape index (κ3) is 4.20. The van der Waals surface area contributed by atoms with E-state index >= 15 is 0 Å². The second kappa shape index (κ2) is 5.82. The molecule has 0 heterocycles. The molecule has 2 aromatic carbocycles. The topological polar surface area (TPSA) is 0 Å². The van der Waals surface area contributed by atoms with Crippen LogP contribution in [0.1, 0.15) is 22.3 Å². The monoisotopic (exact) mass is 340 g/mol. The molecular weight excluding hydrogens is 332 g/mol. The van der Waals surface area contributed by atoms with E-state index in [4.69, 9.17) is 0 Å². The van der Waals surface area contributed by atoms with Crippen molar-refractivity contribution in [2.24, 2.45) is 0 Å². The summed E-state index contributed by atoms with van der Waals surface area (Å²) in [7, 11) is 0. The van der Waals surface area contributed by atoms with Crippen molar-refractivity contribution in [3.63, 3.8) is 0 Å². The van der Waals surface area contributed by atoms with Crippen molar-refractivity contribution in [3.05, 3.63) is 70.3 Å². The summed E-state index contributed by atoms with van der Waals surface area (Å²) >= 11 is 0. The van der Waals surface area contributed by atoms with Crippen LogP contribution in [-0.2, 0) is 18.8 Å². The molecule has 0 nitrogen and oxygen atoms in total. The number of hydrogen-bond acceptors (Lipinski definition) is 0. The molecule has 2 aromatic rings. The summed E-state index contributed by atoms with van der Waals surface area (Å²) in [4.78, 5) is 0. The lowest BCUT2D eigenvalue weighted by atomic mass is 10.0. The van der Waals surface area contributed by atoms with Crippen LogP contribution in [0.3, 0.4) is 0 Å². The van der Waals surface area contributed by atoms with Gasteiger partial charge in [-0.05, 0) is 47.9 Å². The van der Waals surface area contributed by atoms with Gasteiger partial charge in [0.15, 0.2) is 0 Å². The van der Waals surface area contributed by atoms with E-state index in [0.29, 0.717) is 18.2 Å². The molecule has 0 aliphatic heterocycles. The maximum absolute atomic E-state index is 13.3. The molecule has 0 fully saturated rings. The number of halogens is 8. The zero-order chi connectivity index (χ0) is 17.4. The number of rotatable bonds is 2. The van der Waals surface area contributed by atoms with Crippen molar-refractivity contribution >= 4 is 0 Å². The normalized spacial score (nSPS) is 12.5. The van der Waals surface area contributed by atoms with E-state index in [2.05, 4.69) is 0 Å². The Balaban J connectivity index is 2.39. The minimum atomic E-state index is -4.93. The maximum atomic E-state index is 13.3. The number of hydrogen-bond donors (Lipinski definition) is 0. The summed E-state index contributed by atoms with van der Waals surface area (Å²) in [5.41, 5.74) is -3.03. The van der Waals surface area contributed by atoms with Gasteiger partial charge < -0.3 is 0 Å². The highest BCUT2D eigenvalue weighted by Crippen LogP contribution is 2.33. The van der Waals surface area contributed by atoms with Crippen molar-refractivity contribution in [2.75, 3.05) is 0 Å². The molecule has 0 saturated carbocycles. The molecule has 8 heteroatoms. The second-order valence-corrected chi connectivity index (χ2v) is 4.83. The van der Waals surface area contributed by atoms with Gasteiger partial charge in [-0.25, -0.2) is 8.78 Å². The van der Waals surface area contributed by atoms with Gasteiger partial charge in [-0.2, -0.15) is 26.3 Å². The van der Waals surface area contributed by atoms with Gasteiger partial charge in [-0.15, -0.1) is 0 Å². The van der Waals surface area contributed by atoms with Crippen LogP contribution in [0, 0.1) is 11.6 Å². The fraction of sp³-hybridized carbons (Fsp3) is 0.200. The van der Waals surface area contributed by atoms with Gasteiger partial charge in [-0.1, -0.05) is 6.07 Å². The first kappa shape index (κ1) is 17.2. The predicted octanol–water partition coefficient (Wildman–Crippen LogP) is 5.59. The molecule has 0 atom stereocenters. The lowest BCUT2D eigenvalue weighted by molar-refractivity contribution is -0.140. The van der Waals surface area contributed by atoms with Gasteiger partial charge in [0.2, 0.25) is 0 Å². The van der Waals surface area contributed by atoms with E-state index in [-0.39, 0.29) is 17.2 Å². The molecule has 0 aliphatic carbocycles. The fourth-order valence-electron chi connectivity index (χ4n) is 2.05. The molecule has 0 N–H and O–H groups in total. The molecule has 23 heavy (non-hydrogen) atoms. The van der Waals surface area contributed by atoms with Crippen molar-refractivity contribution in [2.45, 2.75) is 18.8 Å². The van der Waals surface area contributed by atoms with Crippen molar-refractivity contribution in [3.8, 4) is 0 Å². The van der Waals surface area contributed by atoms with E-state index in [1.165, 1.54) is 0 Å². The number of benzene rings is 2. The molecule has 0 bridgehead atoms. The third-order valence-electron chi connectivity index (χ3n) is 3.03. The summed E-state index contributed by atoms with van der Waals surface area (Å²) < 4.78 is 102. The van der Waals surface area contributed by atoms with E-state index < -0.39 is 41.5 Å². The Morgan fingerprint density at radius 3 is 1.91 bits per heavy atom. The fourth-order valence-corrected chi connectivity index (χ4v) is 2.05. The summed E-state index contributed by atoms with van der Waals surface area (Å²) in [6.45, 7) is 0. The summed E-state index contributed by atoms with van der Waals surface area (Å²) in [5, 5.41) is 0. The summed E-state index contributed by atoms with van der Waals surface area (Å²) in [6.07, 6.45) is -10.1. The molecule has 124 valence electrons. The van der Waals surface area contributed by atoms with Crippen molar-refractivity contribution in [1.82, 2.24) is 0 Å². The minimum Gasteiger partial charge on any atom is -0.207 e. The van der Waals surface area contributed by atoms with Gasteiger partial charge >= 0.3 is 12.4 Å². The average molecular weight is 340 g/mol. The largest absolute Gasteiger partial charge is 0.419 e. The van der Waals surface area contributed by atoms with Crippen molar-refractivity contribution in [1.29, 1.82) is 0 Å². The zero-order valence-corrected chi connectivity index (χ0v) is 11.2. The molecule has 0 amide bonds. The SMILES string of the molecule is Fc1cc(Cc2ccc(F)c(C(F)(F)F)c2)cc(C(F)(F)F)c1. The summed E-state index contributed by atoms with van der Waals surface area (Å²) in [5.74, 6) is -2.65. The number of alkyl halides is 6. The zero-order valence-electron chi connectivity index (χ0n) is 11.2. The minimum absolute atomic E-state index is 0.0857. The average Bonchev–Trinajstić information content (AvgIpc) is 2.38. The van der Waals surface area contributed by atoms with E-state index in [0.717, 1.165) is 12.1 Å². The molecule has 0 spiro atoms. The molecule has 0 aliphatic rings. The van der Waals surface area contributed by atoms with Crippen LogP contribution in [-0.4, -0.2) is 0 Å². The Morgan fingerprint density at radius 2 is 1.35 bits per heavy atom. The van der Waals surface area contributed by atoms with Crippen LogP contribution in [0.2, 0.25) is 0 Å². The van der Waals surface area contributed by atoms with Crippen LogP contribution in [0.15, 0.2) is 36.4 Å². The Labute approximate surface area is 125 Å². The van der Waals surface area contributed by atoms with E-state index in [9.17, 15) is 35.1 Å². The Kier molecular flexibility index (Phi) is 4.37. The van der Waals surface area contributed by atoms with E-state index in [1.807, 2.05) is 0 Å². The Morgan fingerprint density at radius 1 is 0.696 bits per heavy atom. The van der Waals surface area contributed by atoms with Gasteiger partial charge in [0, 0.05) is 0 Å². The highest BCUT2D eigenvalue weighted by molar-refractivity contribution is 5.34. The highest BCUT2D eigenvalue weighted by Gasteiger charge is 2.34. The van der Waals surface area contributed by atoms with Gasteiger partial charge in [0.25, 0.3) is 0 Å². The molecule has 0 saturated heterocycles. The molecule has 0 unspecified atom stereocenters. The van der Waals surface area contributed by atoms with Crippen LogP contribution in [0.5, 0.6) is 0 Å². The van der Waals surface area contributed by atoms with Gasteiger partial charge in [0.1, 0.15) is 11.6 Å². The third-order valence-corrected chi connectivity index (χ3v) is 3.03. The molecule has 0 radical (unpaired) electrons. The smallest absolute Gasteiger partial charge is 0.207 e. The Bertz CT molecular complexity index is 712. The molecule has 2 rings (SSSR count). The lowest BCUT2D eigenvalue weighted by Gasteiger charge is -2.12. The summed E-state index contributed by atoms with van der Waals surface area (Å²) in [6, 6.07) is 3.78. The van der Waals surface area contributed by atoms with Crippen LogP contribution < -0.4 is 0 Å². The quantitative estimate of drug-likeness (QED) is 0.625. The Hall–Kier alpha value is -2.12. The molecular formula is C15H8F8.